The molecule has 1 aromatic rings. The molecule has 1 unspecified atom stereocenters. The molecule has 0 aliphatic heterocycles. The third-order valence-electron chi connectivity index (χ3n) is 2.25. The van der Waals surface area contributed by atoms with Crippen molar-refractivity contribution in [1.82, 2.24) is 4.98 Å². The van der Waals surface area contributed by atoms with Crippen molar-refractivity contribution in [3.63, 3.8) is 0 Å². The summed E-state index contributed by atoms with van der Waals surface area (Å²) in [5, 5.41) is 0. The molecule has 2 nitrogen and oxygen atoms in total. The number of pyridine rings is 1. The second-order valence-electron chi connectivity index (χ2n) is 3.82. The molecule has 0 spiro atoms. The molecule has 1 rings (SSSR count). The number of halogens is 1. The number of aromatic nitrogens is 1. The number of nitrogens with zero attached hydrogens (tertiary/aromatic N) is 1. The number of hydrogen-bond donors (Lipinski definition) is 0. The smallest absolute Gasteiger partial charge is 0.137 e. The first kappa shape index (κ1) is 12.3. The molecule has 0 aromatic carbocycles. The molecule has 15 heavy (non-hydrogen) atoms. The highest BCUT2D eigenvalue weighted by molar-refractivity contribution is 6.16. The molecule has 0 radical (unpaired) electrons. The Balaban J connectivity index is 2.37. The van der Waals surface area contributed by atoms with E-state index in [4.69, 9.17) is 16.3 Å². The molecular formula is C12H18ClNO. The predicted octanol–water partition coefficient (Wildman–Crippen LogP) is 3.64. The van der Waals surface area contributed by atoms with Crippen molar-refractivity contribution in [2.24, 2.45) is 5.92 Å². The van der Waals surface area contributed by atoms with Gasteiger partial charge >= 0.3 is 0 Å². The van der Waals surface area contributed by atoms with E-state index in [1.807, 2.05) is 12.1 Å². The first-order valence-corrected chi connectivity index (χ1v) is 5.93. The predicted molar refractivity (Wildman–Crippen MR) is 63.4 cm³/mol. The standard InChI is InChI=1S/C12H18ClNO/c1-3-4-10(2)9-15-12-6-5-11(7-13)14-8-12/h5-6,8,10H,3-4,7,9H2,1-2H3. The van der Waals surface area contributed by atoms with E-state index in [9.17, 15) is 0 Å². The summed E-state index contributed by atoms with van der Waals surface area (Å²) in [5.41, 5.74) is 0.880. The van der Waals surface area contributed by atoms with Crippen LogP contribution in [-0.2, 0) is 5.88 Å². The third-order valence-corrected chi connectivity index (χ3v) is 2.52. The van der Waals surface area contributed by atoms with Crippen molar-refractivity contribution in [3.05, 3.63) is 24.0 Å². The van der Waals surface area contributed by atoms with Crippen molar-refractivity contribution >= 4 is 11.6 Å². The third kappa shape index (κ3) is 4.52. The van der Waals surface area contributed by atoms with E-state index < -0.39 is 0 Å². The fourth-order valence-electron chi connectivity index (χ4n) is 1.39. The van der Waals surface area contributed by atoms with Crippen LogP contribution in [0.1, 0.15) is 32.4 Å². The Bertz CT molecular complexity index is 273. The highest BCUT2D eigenvalue weighted by atomic mass is 35.5. The van der Waals surface area contributed by atoms with Gasteiger partial charge in [0.1, 0.15) is 5.75 Å². The quantitative estimate of drug-likeness (QED) is 0.693. The minimum Gasteiger partial charge on any atom is -0.492 e. The normalized spacial score (nSPS) is 12.5. The monoisotopic (exact) mass is 227 g/mol. The average Bonchev–Trinajstić information content (AvgIpc) is 2.27. The first-order valence-electron chi connectivity index (χ1n) is 5.40. The van der Waals surface area contributed by atoms with Gasteiger partial charge in [0.25, 0.3) is 0 Å². The molecule has 0 fully saturated rings. The molecule has 1 heterocycles. The summed E-state index contributed by atoms with van der Waals surface area (Å²) in [6, 6.07) is 3.82. The van der Waals surface area contributed by atoms with Gasteiger partial charge in [-0.05, 0) is 24.5 Å². The largest absolute Gasteiger partial charge is 0.492 e. The Morgan fingerprint density at radius 2 is 2.27 bits per heavy atom. The second-order valence-corrected chi connectivity index (χ2v) is 4.09. The van der Waals surface area contributed by atoms with E-state index in [1.165, 1.54) is 12.8 Å². The Morgan fingerprint density at radius 1 is 1.47 bits per heavy atom. The summed E-state index contributed by atoms with van der Waals surface area (Å²) in [6.07, 6.45) is 4.14. The van der Waals surface area contributed by atoms with Crippen molar-refractivity contribution in [3.8, 4) is 5.75 Å². The molecular weight excluding hydrogens is 210 g/mol. The zero-order chi connectivity index (χ0) is 11.1. The first-order chi connectivity index (χ1) is 7.26. The number of hydrogen-bond acceptors (Lipinski definition) is 2. The molecule has 84 valence electrons. The molecule has 1 aromatic heterocycles. The SMILES string of the molecule is CCCC(C)COc1ccc(CCl)nc1. The number of alkyl halides is 1. The Kier molecular flexibility index (Phi) is 5.48. The van der Waals surface area contributed by atoms with Gasteiger partial charge in [-0.1, -0.05) is 20.3 Å². The van der Waals surface area contributed by atoms with Gasteiger partial charge in [-0.15, -0.1) is 11.6 Å². The zero-order valence-electron chi connectivity index (χ0n) is 9.37. The highest BCUT2D eigenvalue weighted by Gasteiger charge is 2.02. The van der Waals surface area contributed by atoms with Gasteiger partial charge in [0.05, 0.1) is 24.4 Å². The van der Waals surface area contributed by atoms with Crippen LogP contribution >= 0.6 is 11.6 Å². The minimum absolute atomic E-state index is 0.451. The summed E-state index contributed by atoms with van der Waals surface area (Å²) < 4.78 is 5.61. The van der Waals surface area contributed by atoms with Gasteiger partial charge < -0.3 is 4.74 Å². The maximum absolute atomic E-state index is 5.64. The Morgan fingerprint density at radius 3 is 2.80 bits per heavy atom. The van der Waals surface area contributed by atoms with E-state index >= 15 is 0 Å². The van der Waals surface area contributed by atoms with Gasteiger partial charge in [0.15, 0.2) is 0 Å². The van der Waals surface area contributed by atoms with Crippen LogP contribution in [0.3, 0.4) is 0 Å². The maximum Gasteiger partial charge on any atom is 0.137 e. The van der Waals surface area contributed by atoms with Gasteiger partial charge in [0.2, 0.25) is 0 Å². The molecule has 0 bridgehead atoms. The van der Waals surface area contributed by atoms with Crippen LogP contribution in [0.2, 0.25) is 0 Å². The maximum atomic E-state index is 5.64. The van der Waals surface area contributed by atoms with E-state index in [1.54, 1.807) is 6.20 Å². The van der Waals surface area contributed by atoms with Crippen LogP contribution in [0.15, 0.2) is 18.3 Å². The van der Waals surface area contributed by atoms with Crippen LogP contribution in [0.4, 0.5) is 0 Å². The number of rotatable bonds is 6. The van der Waals surface area contributed by atoms with E-state index in [0.29, 0.717) is 11.8 Å². The van der Waals surface area contributed by atoms with Gasteiger partial charge in [-0.3, -0.25) is 4.98 Å². The van der Waals surface area contributed by atoms with Crippen molar-refractivity contribution in [2.75, 3.05) is 6.61 Å². The lowest BCUT2D eigenvalue weighted by atomic mass is 10.1. The van der Waals surface area contributed by atoms with E-state index in [2.05, 4.69) is 18.8 Å². The highest BCUT2D eigenvalue weighted by Crippen LogP contribution is 2.13. The lowest BCUT2D eigenvalue weighted by Gasteiger charge is -2.11. The summed E-state index contributed by atoms with van der Waals surface area (Å²) in [7, 11) is 0. The van der Waals surface area contributed by atoms with Gasteiger partial charge in [0, 0.05) is 0 Å². The topological polar surface area (TPSA) is 22.1 Å². The zero-order valence-corrected chi connectivity index (χ0v) is 10.1. The lowest BCUT2D eigenvalue weighted by Crippen LogP contribution is -2.08. The summed E-state index contributed by atoms with van der Waals surface area (Å²) >= 11 is 5.64. The molecule has 1 atom stereocenters. The molecule has 0 amide bonds. The van der Waals surface area contributed by atoms with Crippen molar-refractivity contribution in [2.45, 2.75) is 32.6 Å². The summed E-state index contributed by atoms with van der Waals surface area (Å²) in [4.78, 5) is 4.16. The second kappa shape index (κ2) is 6.67. The van der Waals surface area contributed by atoms with Crippen molar-refractivity contribution in [1.29, 1.82) is 0 Å². The Hall–Kier alpha value is -0.760. The summed E-state index contributed by atoms with van der Waals surface area (Å²) in [5.74, 6) is 1.88. The molecule has 3 heteroatoms. The number of ether oxygens (including phenoxy) is 1. The van der Waals surface area contributed by atoms with Crippen molar-refractivity contribution < 1.29 is 4.74 Å². The average molecular weight is 228 g/mol. The molecule has 0 saturated carbocycles. The van der Waals surface area contributed by atoms with Crippen LogP contribution in [0.5, 0.6) is 5.75 Å². The molecule has 0 aliphatic carbocycles. The lowest BCUT2D eigenvalue weighted by molar-refractivity contribution is 0.250. The Labute approximate surface area is 96.6 Å². The molecule has 0 aliphatic rings. The fraction of sp³-hybridized carbons (Fsp3) is 0.583. The van der Waals surface area contributed by atoms with Crippen LogP contribution in [0.25, 0.3) is 0 Å². The van der Waals surface area contributed by atoms with Crippen LogP contribution < -0.4 is 4.74 Å². The molecule has 0 N–H and O–H groups in total. The van der Waals surface area contributed by atoms with E-state index in [-0.39, 0.29) is 0 Å². The van der Waals surface area contributed by atoms with E-state index in [0.717, 1.165) is 18.1 Å². The summed E-state index contributed by atoms with van der Waals surface area (Å²) in [6.45, 7) is 5.15. The fourth-order valence-corrected chi connectivity index (χ4v) is 1.55. The van der Waals surface area contributed by atoms with Gasteiger partial charge in [-0.2, -0.15) is 0 Å². The van der Waals surface area contributed by atoms with Gasteiger partial charge in [-0.25, -0.2) is 0 Å². The van der Waals surface area contributed by atoms with Crippen LogP contribution in [0, 0.1) is 5.92 Å². The minimum atomic E-state index is 0.451. The van der Waals surface area contributed by atoms with Crippen LogP contribution in [-0.4, -0.2) is 11.6 Å². The molecule has 0 saturated heterocycles.